The summed E-state index contributed by atoms with van der Waals surface area (Å²) in [5, 5.41) is 16.6. The fourth-order valence-electron chi connectivity index (χ4n) is 1.75. The van der Waals surface area contributed by atoms with Crippen molar-refractivity contribution in [2.45, 2.75) is 6.92 Å². The molecule has 1 amide bonds. The number of aromatic nitrogens is 2. The maximum Gasteiger partial charge on any atom is 0.282 e. The van der Waals surface area contributed by atoms with Gasteiger partial charge >= 0.3 is 0 Å². The SMILES string of the molecule is CCNc1ccc([N+](=O)[O-])c(C(=O)Nc2cncnc2)c1. The number of nitro groups is 1. The molecular weight excluding hydrogens is 274 g/mol. The summed E-state index contributed by atoms with van der Waals surface area (Å²) in [7, 11) is 0. The van der Waals surface area contributed by atoms with Crippen molar-refractivity contribution >= 4 is 23.0 Å². The Hall–Kier alpha value is -3.03. The van der Waals surface area contributed by atoms with Gasteiger partial charge < -0.3 is 10.6 Å². The molecule has 0 unspecified atom stereocenters. The van der Waals surface area contributed by atoms with Crippen LogP contribution in [0.25, 0.3) is 0 Å². The van der Waals surface area contributed by atoms with Crippen LogP contribution in [-0.4, -0.2) is 27.3 Å². The highest BCUT2D eigenvalue weighted by atomic mass is 16.6. The zero-order valence-corrected chi connectivity index (χ0v) is 11.2. The number of rotatable bonds is 5. The molecule has 0 fully saturated rings. The summed E-state index contributed by atoms with van der Waals surface area (Å²) < 4.78 is 0. The first-order valence-electron chi connectivity index (χ1n) is 6.20. The Balaban J connectivity index is 2.33. The smallest absolute Gasteiger partial charge is 0.282 e. The molecule has 2 N–H and O–H groups in total. The maximum absolute atomic E-state index is 12.2. The number of nitrogens with zero attached hydrogens (tertiary/aromatic N) is 3. The zero-order chi connectivity index (χ0) is 15.2. The lowest BCUT2D eigenvalue weighted by atomic mass is 10.1. The average molecular weight is 287 g/mol. The fraction of sp³-hybridized carbons (Fsp3) is 0.154. The van der Waals surface area contributed by atoms with E-state index in [-0.39, 0.29) is 11.3 Å². The van der Waals surface area contributed by atoms with Gasteiger partial charge in [-0.15, -0.1) is 0 Å². The summed E-state index contributed by atoms with van der Waals surface area (Å²) in [6, 6.07) is 4.30. The van der Waals surface area contributed by atoms with Crippen LogP contribution >= 0.6 is 0 Å². The molecule has 0 saturated heterocycles. The largest absolute Gasteiger partial charge is 0.385 e. The number of anilines is 2. The van der Waals surface area contributed by atoms with Gasteiger partial charge in [-0.25, -0.2) is 9.97 Å². The van der Waals surface area contributed by atoms with Crippen molar-refractivity contribution in [3.05, 3.63) is 52.6 Å². The van der Waals surface area contributed by atoms with E-state index < -0.39 is 10.8 Å². The molecule has 0 radical (unpaired) electrons. The number of nitrogens with one attached hydrogen (secondary N) is 2. The zero-order valence-electron chi connectivity index (χ0n) is 11.2. The fourth-order valence-corrected chi connectivity index (χ4v) is 1.75. The van der Waals surface area contributed by atoms with Crippen molar-refractivity contribution < 1.29 is 9.72 Å². The first-order chi connectivity index (χ1) is 10.1. The van der Waals surface area contributed by atoms with E-state index in [1.54, 1.807) is 6.07 Å². The number of amides is 1. The van der Waals surface area contributed by atoms with Gasteiger partial charge in [0.15, 0.2) is 0 Å². The highest BCUT2D eigenvalue weighted by molar-refractivity contribution is 6.07. The molecule has 1 aromatic carbocycles. The average Bonchev–Trinajstić information content (AvgIpc) is 2.48. The third-order valence-corrected chi connectivity index (χ3v) is 2.64. The van der Waals surface area contributed by atoms with Crippen LogP contribution in [0, 0.1) is 10.1 Å². The quantitative estimate of drug-likeness (QED) is 0.643. The number of benzene rings is 1. The van der Waals surface area contributed by atoms with Crippen molar-refractivity contribution in [2.75, 3.05) is 17.2 Å². The molecule has 0 aliphatic rings. The van der Waals surface area contributed by atoms with Crippen LogP contribution in [0.4, 0.5) is 17.1 Å². The lowest BCUT2D eigenvalue weighted by molar-refractivity contribution is -0.385. The molecule has 0 bridgehead atoms. The third-order valence-electron chi connectivity index (χ3n) is 2.64. The summed E-state index contributed by atoms with van der Waals surface area (Å²) in [5.74, 6) is -0.587. The minimum atomic E-state index is -0.591. The van der Waals surface area contributed by atoms with Gasteiger partial charge in [0.2, 0.25) is 0 Å². The normalized spacial score (nSPS) is 9.95. The van der Waals surface area contributed by atoms with Gasteiger partial charge in [-0.2, -0.15) is 0 Å². The highest BCUT2D eigenvalue weighted by Crippen LogP contribution is 2.23. The Labute approximate surface area is 120 Å². The molecule has 1 aromatic heterocycles. The van der Waals surface area contributed by atoms with Crippen molar-refractivity contribution in [1.29, 1.82) is 0 Å². The summed E-state index contributed by atoms with van der Waals surface area (Å²) in [6.07, 6.45) is 4.14. The van der Waals surface area contributed by atoms with E-state index in [0.717, 1.165) is 0 Å². The van der Waals surface area contributed by atoms with Crippen molar-refractivity contribution in [2.24, 2.45) is 0 Å². The van der Waals surface area contributed by atoms with Gasteiger partial charge in [-0.3, -0.25) is 14.9 Å². The summed E-state index contributed by atoms with van der Waals surface area (Å²) >= 11 is 0. The number of nitro benzene ring substituents is 1. The van der Waals surface area contributed by atoms with E-state index in [9.17, 15) is 14.9 Å². The van der Waals surface area contributed by atoms with E-state index in [4.69, 9.17) is 0 Å². The Morgan fingerprint density at radius 3 is 2.62 bits per heavy atom. The van der Waals surface area contributed by atoms with E-state index in [1.165, 1.54) is 30.9 Å². The second-order valence-electron chi connectivity index (χ2n) is 4.10. The molecular formula is C13H13N5O3. The monoisotopic (exact) mass is 287 g/mol. The van der Waals surface area contributed by atoms with Crippen molar-refractivity contribution in [1.82, 2.24) is 9.97 Å². The molecule has 8 heteroatoms. The van der Waals surface area contributed by atoms with E-state index in [1.807, 2.05) is 6.92 Å². The first kappa shape index (κ1) is 14.4. The van der Waals surface area contributed by atoms with Crippen LogP contribution in [0.1, 0.15) is 17.3 Å². The van der Waals surface area contributed by atoms with E-state index >= 15 is 0 Å². The minimum Gasteiger partial charge on any atom is -0.385 e. The first-order valence-corrected chi connectivity index (χ1v) is 6.20. The Bertz CT molecular complexity index is 660. The molecule has 21 heavy (non-hydrogen) atoms. The van der Waals surface area contributed by atoms with Crippen LogP contribution in [0.3, 0.4) is 0 Å². The second-order valence-corrected chi connectivity index (χ2v) is 4.10. The summed E-state index contributed by atoms with van der Waals surface area (Å²) in [6.45, 7) is 2.54. The van der Waals surface area contributed by atoms with Gasteiger partial charge in [-0.1, -0.05) is 0 Å². The number of hydrogen-bond donors (Lipinski definition) is 2. The van der Waals surface area contributed by atoms with Crippen LogP contribution in [0.2, 0.25) is 0 Å². The van der Waals surface area contributed by atoms with Gasteiger partial charge in [0.05, 0.1) is 23.0 Å². The van der Waals surface area contributed by atoms with Gasteiger partial charge in [0.1, 0.15) is 11.9 Å². The van der Waals surface area contributed by atoms with Gasteiger partial charge in [0.25, 0.3) is 11.6 Å². The minimum absolute atomic E-state index is 0.0256. The maximum atomic E-state index is 12.2. The van der Waals surface area contributed by atoms with Gasteiger partial charge in [0, 0.05) is 18.3 Å². The highest BCUT2D eigenvalue weighted by Gasteiger charge is 2.20. The lowest BCUT2D eigenvalue weighted by Gasteiger charge is -2.08. The lowest BCUT2D eigenvalue weighted by Crippen LogP contribution is -2.15. The number of hydrogen-bond acceptors (Lipinski definition) is 6. The Morgan fingerprint density at radius 1 is 1.29 bits per heavy atom. The van der Waals surface area contributed by atoms with E-state index in [0.29, 0.717) is 17.9 Å². The molecule has 1 heterocycles. The number of carbonyl (C=O) groups is 1. The standard InChI is InChI=1S/C13H13N5O3/c1-2-16-9-3-4-12(18(20)21)11(5-9)13(19)17-10-6-14-8-15-7-10/h3-8,16H,2H2,1H3,(H,17,19). The Kier molecular flexibility index (Phi) is 4.39. The van der Waals surface area contributed by atoms with Crippen LogP contribution < -0.4 is 10.6 Å². The molecule has 2 aromatic rings. The second kappa shape index (κ2) is 6.42. The molecule has 0 aliphatic heterocycles. The van der Waals surface area contributed by atoms with Crippen LogP contribution in [-0.2, 0) is 0 Å². The molecule has 0 aliphatic carbocycles. The molecule has 0 saturated carbocycles. The summed E-state index contributed by atoms with van der Waals surface area (Å²) in [4.78, 5) is 30.2. The predicted octanol–water partition coefficient (Wildman–Crippen LogP) is 2.07. The number of carbonyl (C=O) groups excluding carboxylic acids is 1. The predicted molar refractivity (Wildman–Crippen MR) is 77.2 cm³/mol. The molecule has 2 rings (SSSR count). The van der Waals surface area contributed by atoms with E-state index in [2.05, 4.69) is 20.6 Å². The third kappa shape index (κ3) is 3.50. The van der Waals surface area contributed by atoms with Crippen molar-refractivity contribution in [3.63, 3.8) is 0 Å². The van der Waals surface area contributed by atoms with Crippen molar-refractivity contribution in [3.8, 4) is 0 Å². The Morgan fingerprint density at radius 2 is 2.00 bits per heavy atom. The topological polar surface area (TPSA) is 110 Å². The molecule has 8 nitrogen and oxygen atoms in total. The molecule has 108 valence electrons. The summed E-state index contributed by atoms with van der Waals surface area (Å²) in [5.41, 5.74) is 0.719. The molecule has 0 atom stereocenters. The van der Waals surface area contributed by atoms with Crippen LogP contribution in [0.15, 0.2) is 36.9 Å². The van der Waals surface area contributed by atoms with Crippen LogP contribution in [0.5, 0.6) is 0 Å². The van der Waals surface area contributed by atoms with Gasteiger partial charge in [-0.05, 0) is 19.1 Å². The molecule has 0 spiro atoms.